The standard InChI is InChI=1S/C16H20N4O/c21-16(6-9-19-10-7-18-13-19)20-11-8-17-12-15(20)14-4-2-1-3-5-14/h1-5,7,10,13,15,17H,6,8-9,11-12H2/t15-/m0/s1. The molecule has 0 aliphatic carbocycles. The number of amides is 1. The summed E-state index contributed by atoms with van der Waals surface area (Å²) in [6.07, 6.45) is 5.89. The SMILES string of the molecule is O=C(CCn1ccnc1)N1CCNC[C@H]1c1ccccc1. The molecule has 1 N–H and O–H groups in total. The molecule has 1 atom stereocenters. The smallest absolute Gasteiger partial charge is 0.224 e. The molecule has 1 aromatic heterocycles. The summed E-state index contributed by atoms with van der Waals surface area (Å²) < 4.78 is 1.94. The third-order valence-electron chi connectivity index (χ3n) is 3.89. The van der Waals surface area contributed by atoms with Crippen LogP contribution in [-0.4, -0.2) is 40.0 Å². The second kappa shape index (κ2) is 6.54. The van der Waals surface area contributed by atoms with Crippen molar-refractivity contribution in [3.8, 4) is 0 Å². The van der Waals surface area contributed by atoms with Crippen LogP contribution in [0.1, 0.15) is 18.0 Å². The Labute approximate surface area is 124 Å². The van der Waals surface area contributed by atoms with Crippen LogP contribution >= 0.6 is 0 Å². The van der Waals surface area contributed by atoms with Crippen LogP contribution in [-0.2, 0) is 11.3 Å². The van der Waals surface area contributed by atoms with Gasteiger partial charge in [0.25, 0.3) is 0 Å². The third-order valence-corrected chi connectivity index (χ3v) is 3.89. The topological polar surface area (TPSA) is 50.2 Å². The van der Waals surface area contributed by atoms with E-state index in [2.05, 4.69) is 22.4 Å². The van der Waals surface area contributed by atoms with Gasteiger partial charge in [0, 0.05) is 45.0 Å². The van der Waals surface area contributed by atoms with Gasteiger partial charge in [-0.15, -0.1) is 0 Å². The fourth-order valence-corrected chi connectivity index (χ4v) is 2.76. The lowest BCUT2D eigenvalue weighted by Gasteiger charge is -2.36. The van der Waals surface area contributed by atoms with Crippen molar-refractivity contribution in [3.05, 3.63) is 54.6 Å². The molecule has 0 saturated carbocycles. The summed E-state index contributed by atoms with van der Waals surface area (Å²) in [6.45, 7) is 3.13. The summed E-state index contributed by atoms with van der Waals surface area (Å²) in [6, 6.07) is 10.4. The zero-order valence-electron chi connectivity index (χ0n) is 12.0. The van der Waals surface area contributed by atoms with Crippen LogP contribution in [0.2, 0.25) is 0 Å². The van der Waals surface area contributed by atoms with Gasteiger partial charge in [-0.1, -0.05) is 30.3 Å². The molecule has 0 unspecified atom stereocenters. The Hall–Kier alpha value is -2.14. The Morgan fingerprint density at radius 1 is 1.33 bits per heavy atom. The number of carbonyl (C=O) groups is 1. The molecule has 1 aliphatic heterocycles. The number of hydrogen-bond acceptors (Lipinski definition) is 3. The Morgan fingerprint density at radius 3 is 2.95 bits per heavy atom. The van der Waals surface area contributed by atoms with Crippen molar-refractivity contribution < 1.29 is 4.79 Å². The molecule has 5 heteroatoms. The number of rotatable bonds is 4. The largest absolute Gasteiger partial charge is 0.337 e. The van der Waals surface area contributed by atoms with Crippen LogP contribution < -0.4 is 5.32 Å². The molecule has 21 heavy (non-hydrogen) atoms. The quantitative estimate of drug-likeness (QED) is 0.924. The molecule has 2 aromatic rings. The van der Waals surface area contributed by atoms with E-state index in [-0.39, 0.29) is 11.9 Å². The molecular formula is C16H20N4O. The van der Waals surface area contributed by atoms with Crippen molar-refractivity contribution in [2.45, 2.75) is 19.0 Å². The lowest BCUT2D eigenvalue weighted by molar-refractivity contribution is -0.134. The van der Waals surface area contributed by atoms with E-state index in [4.69, 9.17) is 0 Å². The molecule has 0 bridgehead atoms. The van der Waals surface area contributed by atoms with Crippen molar-refractivity contribution in [2.24, 2.45) is 0 Å². The van der Waals surface area contributed by atoms with Crippen LogP contribution in [0.25, 0.3) is 0 Å². The minimum absolute atomic E-state index is 0.134. The van der Waals surface area contributed by atoms with Crippen LogP contribution in [0.3, 0.4) is 0 Å². The number of imidazole rings is 1. The lowest BCUT2D eigenvalue weighted by Crippen LogP contribution is -2.48. The molecule has 1 fully saturated rings. The number of hydrogen-bond donors (Lipinski definition) is 1. The molecule has 2 heterocycles. The van der Waals surface area contributed by atoms with Crippen molar-refractivity contribution in [2.75, 3.05) is 19.6 Å². The number of benzene rings is 1. The van der Waals surface area contributed by atoms with Gasteiger partial charge in [0.15, 0.2) is 0 Å². The maximum absolute atomic E-state index is 12.5. The van der Waals surface area contributed by atoms with Gasteiger partial charge in [0.2, 0.25) is 5.91 Å². The number of carbonyl (C=O) groups excluding carboxylic acids is 1. The fourth-order valence-electron chi connectivity index (χ4n) is 2.76. The molecule has 5 nitrogen and oxygen atoms in total. The lowest BCUT2D eigenvalue weighted by atomic mass is 10.0. The predicted octanol–water partition coefficient (Wildman–Crippen LogP) is 1.45. The first kappa shape index (κ1) is 13.8. The maximum Gasteiger partial charge on any atom is 0.224 e. The van der Waals surface area contributed by atoms with E-state index < -0.39 is 0 Å². The molecule has 3 rings (SSSR count). The van der Waals surface area contributed by atoms with E-state index in [9.17, 15) is 4.79 Å². The minimum atomic E-state index is 0.134. The second-order valence-corrected chi connectivity index (χ2v) is 5.27. The van der Waals surface area contributed by atoms with Crippen molar-refractivity contribution in [1.82, 2.24) is 19.8 Å². The van der Waals surface area contributed by atoms with E-state index in [1.807, 2.05) is 33.9 Å². The molecule has 1 aliphatic rings. The Bertz CT molecular complexity index is 567. The average Bonchev–Trinajstić information content (AvgIpc) is 3.07. The number of nitrogens with one attached hydrogen (secondary N) is 1. The molecule has 0 radical (unpaired) electrons. The number of piperazine rings is 1. The van der Waals surface area contributed by atoms with Gasteiger partial charge >= 0.3 is 0 Å². The zero-order chi connectivity index (χ0) is 14.5. The fraction of sp³-hybridized carbons (Fsp3) is 0.375. The van der Waals surface area contributed by atoms with Gasteiger partial charge in [-0.2, -0.15) is 0 Å². The van der Waals surface area contributed by atoms with Crippen molar-refractivity contribution in [1.29, 1.82) is 0 Å². The van der Waals surface area contributed by atoms with E-state index in [0.717, 1.165) is 19.6 Å². The van der Waals surface area contributed by atoms with E-state index >= 15 is 0 Å². The Kier molecular flexibility index (Phi) is 4.31. The first-order chi connectivity index (χ1) is 10.3. The summed E-state index contributed by atoms with van der Waals surface area (Å²) >= 11 is 0. The van der Waals surface area contributed by atoms with Crippen LogP contribution in [0.5, 0.6) is 0 Å². The predicted molar refractivity (Wildman–Crippen MR) is 80.6 cm³/mol. The van der Waals surface area contributed by atoms with E-state index in [1.54, 1.807) is 12.5 Å². The number of nitrogens with zero attached hydrogens (tertiary/aromatic N) is 3. The van der Waals surface area contributed by atoms with E-state index in [0.29, 0.717) is 13.0 Å². The highest BCUT2D eigenvalue weighted by atomic mass is 16.2. The summed E-state index contributed by atoms with van der Waals surface area (Å²) in [5, 5.41) is 3.38. The summed E-state index contributed by atoms with van der Waals surface area (Å²) in [7, 11) is 0. The zero-order valence-corrected chi connectivity index (χ0v) is 12.0. The van der Waals surface area contributed by atoms with Crippen LogP contribution in [0.4, 0.5) is 0 Å². The first-order valence-electron chi connectivity index (χ1n) is 7.35. The Morgan fingerprint density at radius 2 is 2.19 bits per heavy atom. The van der Waals surface area contributed by atoms with Gasteiger partial charge in [-0.3, -0.25) is 4.79 Å². The highest BCUT2D eigenvalue weighted by molar-refractivity contribution is 5.76. The molecule has 0 spiro atoms. The first-order valence-corrected chi connectivity index (χ1v) is 7.35. The van der Waals surface area contributed by atoms with E-state index in [1.165, 1.54) is 5.56 Å². The highest BCUT2D eigenvalue weighted by Gasteiger charge is 2.27. The average molecular weight is 284 g/mol. The van der Waals surface area contributed by atoms with Crippen molar-refractivity contribution >= 4 is 5.91 Å². The third kappa shape index (κ3) is 3.31. The summed E-state index contributed by atoms with van der Waals surface area (Å²) in [5.41, 5.74) is 1.20. The van der Waals surface area contributed by atoms with Gasteiger partial charge < -0.3 is 14.8 Å². The van der Waals surface area contributed by atoms with Crippen LogP contribution in [0, 0.1) is 0 Å². The molecule has 1 saturated heterocycles. The summed E-state index contributed by atoms with van der Waals surface area (Å²) in [4.78, 5) is 18.5. The monoisotopic (exact) mass is 284 g/mol. The van der Waals surface area contributed by atoms with Gasteiger partial charge in [-0.05, 0) is 5.56 Å². The maximum atomic E-state index is 12.5. The second-order valence-electron chi connectivity index (χ2n) is 5.27. The molecule has 1 amide bonds. The van der Waals surface area contributed by atoms with Gasteiger partial charge in [-0.25, -0.2) is 4.98 Å². The van der Waals surface area contributed by atoms with Crippen LogP contribution in [0.15, 0.2) is 49.1 Å². The van der Waals surface area contributed by atoms with Gasteiger partial charge in [0.1, 0.15) is 0 Å². The number of aryl methyl sites for hydroxylation is 1. The summed E-state index contributed by atoms with van der Waals surface area (Å²) in [5.74, 6) is 0.207. The van der Waals surface area contributed by atoms with Gasteiger partial charge in [0.05, 0.1) is 12.4 Å². The highest BCUT2D eigenvalue weighted by Crippen LogP contribution is 2.22. The normalized spacial score (nSPS) is 18.7. The minimum Gasteiger partial charge on any atom is -0.337 e. The molecule has 1 aromatic carbocycles. The molecule has 110 valence electrons. The number of aromatic nitrogens is 2. The molecular weight excluding hydrogens is 264 g/mol. The Balaban J connectivity index is 1.67. The van der Waals surface area contributed by atoms with Crippen molar-refractivity contribution in [3.63, 3.8) is 0 Å².